The van der Waals surface area contributed by atoms with Gasteiger partial charge in [-0.15, -0.1) is 0 Å². The number of anilines is 1. The Morgan fingerprint density at radius 2 is 1.96 bits per heavy atom. The molecule has 0 unspecified atom stereocenters. The van der Waals surface area contributed by atoms with Gasteiger partial charge in [-0.25, -0.2) is 4.68 Å². The van der Waals surface area contributed by atoms with Crippen molar-refractivity contribution in [3.8, 4) is 5.69 Å². The third-order valence-corrected chi connectivity index (χ3v) is 5.34. The van der Waals surface area contributed by atoms with Gasteiger partial charge >= 0.3 is 0 Å². The number of benzene rings is 2. The van der Waals surface area contributed by atoms with Crippen molar-refractivity contribution >= 4 is 23.2 Å². The predicted octanol–water partition coefficient (Wildman–Crippen LogP) is 4.55. The Bertz CT molecular complexity index is 992. The highest BCUT2D eigenvalue weighted by Gasteiger charge is 2.27. The van der Waals surface area contributed by atoms with Crippen LogP contribution in [0.3, 0.4) is 0 Å². The molecule has 0 saturated carbocycles. The van der Waals surface area contributed by atoms with Gasteiger partial charge in [-0.2, -0.15) is 5.10 Å². The molecule has 2 aromatic carbocycles. The number of carbonyl (C=O) groups excluding carboxylic acids is 1. The number of aryl methyl sites for hydroxylation is 1. The number of nitrogens with one attached hydrogen (secondary N) is 2. The van der Waals surface area contributed by atoms with E-state index in [1.807, 2.05) is 28.9 Å². The summed E-state index contributed by atoms with van der Waals surface area (Å²) < 4.78 is 1.93. The van der Waals surface area contributed by atoms with E-state index in [1.54, 1.807) is 18.3 Å². The zero-order valence-corrected chi connectivity index (χ0v) is 16.5. The SMILES string of the molecule is Cc1cccc(-n2ncc(C(=O)Nc3cccc(Cl)c3)c2C2CCNCC2)c1. The number of amides is 1. The Kier molecular flexibility index (Phi) is 5.46. The van der Waals surface area contributed by atoms with Crippen molar-refractivity contribution in [2.75, 3.05) is 18.4 Å². The first kappa shape index (κ1) is 18.7. The van der Waals surface area contributed by atoms with Gasteiger partial charge in [0.05, 0.1) is 23.1 Å². The van der Waals surface area contributed by atoms with Crippen LogP contribution in [0.5, 0.6) is 0 Å². The van der Waals surface area contributed by atoms with Crippen molar-refractivity contribution in [2.45, 2.75) is 25.7 Å². The van der Waals surface area contributed by atoms with Crippen LogP contribution in [0, 0.1) is 6.92 Å². The van der Waals surface area contributed by atoms with Crippen LogP contribution in [0.15, 0.2) is 54.7 Å². The molecular weight excluding hydrogens is 372 g/mol. The molecule has 3 aromatic rings. The Morgan fingerprint density at radius 1 is 1.18 bits per heavy atom. The largest absolute Gasteiger partial charge is 0.322 e. The first-order valence-corrected chi connectivity index (χ1v) is 9.92. The van der Waals surface area contributed by atoms with Crippen molar-refractivity contribution in [1.29, 1.82) is 0 Å². The molecule has 0 atom stereocenters. The van der Waals surface area contributed by atoms with E-state index in [-0.39, 0.29) is 11.8 Å². The lowest BCUT2D eigenvalue weighted by Gasteiger charge is -2.24. The van der Waals surface area contributed by atoms with E-state index in [2.05, 4.69) is 34.8 Å². The summed E-state index contributed by atoms with van der Waals surface area (Å²) >= 11 is 6.05. The van der Waals surface area contributed by atoms with Crippen LogP contribution < -0.4 is 10.6 Å². The molecule has 4 rings (SSSR count). The van der Waals surface area contributed by atoms with Crippen LogP contribution >= 0.6 is 11.6 Å². The van der Waals surface area contributed by atoms with E-state index >= 15 is 0 Å². The Morgan fingerprint density at radius 3 is 2.71 bits per heavy atom. The third-order valence-electron chi connectivity index (χ3n) is 5.11. The fourth-order valence-electron chi connectivity index (χ4n) is 3.75. The number of nitrogens with zero attached hydrogens (tertiary/aromatic N) is 2. The molecule has 2 heterocycles. The maximum absolute atomic E-state index is 13.1. The number of piperidine rings is 1. The van der Waals surface area contributed by atoms with Crippen molar-refractivity contribution in [3.05, 3.63) is 76.6 Å². The fraction of sp³-hybridized carbons (Fsp3) is 0.273. The molecule has 1 amide bonds. The maximum Gasteiger partial charge on any atom is 0.259 e. The first-order valence-electron chi connectivity index (χ1n) is 9.54. The number of hydrogen-bond donors (Lipinski definition) is 2. The van der Waals surface area contributed by atoms with Gasteiger partial charge in [-0.3, -0.25) is 4.79 Å². The second kappa shape index (κ2) is 8.17. The average molecular weight is 395 g/mol. The summed E-state index contributed by atoms with van der Waals surface area (Å²) in [6, 6.07) is 15.4. The van der Waals surface area contributed by atoms with Crippen LogP contribution in [0.2, 0.25) is 5.02 Å². The molecule has 2 N–H and O–H groups in total. The molecule has 1 saturated heterocycles. The van der Waals surface area contributed by atoms with Crippen molar-refractivity contribution in [3.63, 3.8) is 0 Å². The number of aromatic nitrogens is 2. The predicted molar refractivity (Wildman–Crippen MR) is 113 cm³/mol. The molecule has 1 aliphatic rings. The molecule has 0 radical (unpaired) electrons. The van der Waals surface area contributed by atoms with Crippen LogP contribution in [-0.4, -0.2) is 28.8 Å². The minimum absolute atomic E-state index is 0.158. The second-order valence-corrected chi connectivity index (χ2v) is 7.62. The van der Waals surface area contributed by atoms with Gasteiger partial charge in [-0.1, -0.05) is 29.8 Å². The van der Waals surface area contributed by atoms with Gasteiger partial charge in [0.15, 0.2) is 0 Å². The smallest absolute Gasteiger partial charge is 0.259 e. The van der Waals surface area contributed by atoms with E-state index in [4.69, 9.17) is 11.6 Å². The highest BCUT2D eigenvalue weighted by Crippen LogP contribution is 2.31. The minimum Gasteiger partial charge on any atom is -0.322 e. The highest BCUT2D eigenvalue weighted by atomic mass is 35.5. The lowest BCUT2D eigenvalue weighted by molar-refractivity contribution is 0.102. The van der Waals surface area contributed by atoms with E-state index in [1.165, 1.54) is 0 Å². The van der Waals surface area contributed by atoms with E-state index < -0.39 is 0 Å². The summed E-state index contributed by atoms with van der Waals surface area (Å²) in [5.74, 6) is 0.124. The summed E-state index contributed by atoms with van der Waals surface area (Å²) in [4.78, 5) is 13.1. The zero-order chi connectivity index (χ0) is 19.5. The molecule has 0 spiro atoms. The van der Waals surface area contributed by atoms with Gasteiger partial charge in [-0.05, 0) is 68.8 Å². The Hall–Kier alpha value is -2.63. The molecule has 0 bridgehead atoms. The summed E-state index contributed by atoms with van der Waals surface area (Å²) in [6.45, 7) is 3.95. The van der Waals surface area contributed by atoms with Gasteiger partial charge in [0.2, 0.25) is 0 Å². The molecule has 1 aliphatic heterocycles. The molecule has 1 aromatic heterocycles. The molecule has 6 heteroatoms. The third kappa shape index (κ3) is 3.96. The van der Waals surface area contributed by atoms with Crippen LogP contribution in [0.1, 0.15) is 40.4 Å². The first-order chi connectivity index (χ1) is 13.6. The second-order valence-electron chi connectivity index (χ2n) is 7.18. The van der Waals surface area contributed by atoms with E-state index in [9.17, 15) is 4.79 Å². The highest BCUT2D eigenvalue weighted by molar-refractivity contribution is 6.31. The van der Waals surface area contributed by atoms with Crippen molar-refractivity contribution in [1.82, 2.24) is 15.1 Å². The van der Waals surface area contributed by atoms with Crippen LogP contribution in [0.4, 0.5) is 5.69 Å². The monoisotopic (exact) mass is 394 g/mol. The molecular formula is C22H23ClN4O. The van der Waals surface area contributed by atoms with Crippen LogP contribution in [0.25, 0.3) is 5.69 Å². The van der Waals surface area contributed by atoms with E-state index in [0.717, 1.165) is 42.9 Å². The number of hydrogen-bond acceptors (Lipinski definition) is 3. The quantitative estimate of drug-likeness (QED) is 0.682. The maximum atomic E-state index is 13.1. The van der Waals surface area contributed by atoms with Crippen LogP contribution in [-0.2, 0) is 0 Å². The minimum atomic E-state index is -0.158. The van der Waals surface area contributed by atoms with Gasteiger partial charge < -0.3 is 10.6 Å². The Labute approximate surface area is 169 Å². The normalized spacial score (nSPS) is 14.8. The number of rotatable bonds is 4. The van der Waals surface area contributed by atoms with Gasteiger partial charge in [0.25, 0.3) is 5.91 Å². The summed E-state index contributed by atoms with van der Waals surface area (Å²) in [5, 5.41) is 11.5. The molecule has 144 valence electrons. The van der Waals surface area contributed by atoms with E-state index in [0.29, 0.717) is 16.3 Å². The zero-order valence-electron chi connectivity index (χ0n) is 15.8. The summed E-state index contributed by atoms with van der Waals surface area (Å²) in [5.41, 5.74) is 4.42. The molecule has 28 heavy (non-hydrogen) atoms. The lowest BCUT2D eigenvalue weighted by Crippen LogP contribution is -2.29. The molecule has 1 fully saturated rings. The Balaban J connectivity index is 1.73. The van der Waals surface area contributed by atoms with Crippen molar-refractivity contribution in [2.24, 2.45) is 0 Å². The topological polar surface area (TPSA) is 59.0 Å². The lowest BCUT2D eigenvalue weighted by atomic mass is 9.91. The summed E-state index contributed by atoms with van der Waals surface area (Å²) in [6.07, 6.45) is 3.64. The van der Waals surface area contributed by atoms with Crippen molar-refractivity contribution < 1.29 is 4.79 Å². The fourth-order valence-corrected chi connectivity index (χ4v) is 3.94. The number of halogens is 1. The number of carbonyl (C=O) groups is 1. The molecule has 5 nitrogen and oxygen atoms in total. The average Bonchev–Trinajstić information content (AvgIpc) is 3.14. The van der Waals surface area contributed by atoms with Gasteiger partial charge in [0, 0.05) is 16.6 Å². The van der Waals surface area contributed by atoms with Gasteiger partial charge in [0.1, 0.15) is 0 Å². The summed E-state index contributed by atoms with van der Waals surface area (Å²) in [7, 11) is 0. The molecule has 0 aliphatic carbocycles. The standard InChI is InChI=1S/C22H23ClN4O/c1-15-4-2-7-19(12-15)27-21(16-8-10-24-11-9-16)20(14-25-27)22(28)26-18-6-3-5-17(23)13-18/h2-7,12-14,16,24H,8-11H2,1H3,(H,26,28).